The van der Waals surface area contributed by atoms with Gasteiger partial charge in [0.25, 0.3) is 0 Å². The molecule has 1 unspecified atom stereocenters. The number of benzene rings is 3. The molecule has 158 valence electrons. The third kappa shape index (κ3) is 4.86. The van der Waals surface area contributed by atoms with E-state index in [1.165, 1.54) is 0 Å². The maximum atomic E-state index is 10.7. The Morgan fingerprint density at radius 3 is 1.87 bits per heavy atom. The lowest BCUT2D eigenvalue weighted by Crippen LogP contribution is -2.33. The van der Waals surface area contributed by atoms with E-state index in [9.17, 15) is 5.11 Å². The molecule has 0 saturated carbocycles. The molecule has 3 aromatic rings. The molecule has 3 rings (SSSR count). The topological polar surface area (TPSA) is 32.7 Å². The zero-order chi connectivity index (χ0) is 21.4. The fraction of sp³-hybridized carbons (Fsp3) is 0.308. The average molecular weight is 424 g/mol. The van der Waals surface area contributed by atoms with Gasteiger partial charge in [0.15, 0.2) is 0 Å². The first-order valence-electron chi connectivity index (χ1n) is 10.5. The largest absolute Gasteiger partial charge is 0.492 e. The molecule has 0 aromatic heterocycles. The minimum absolute atomic E-state index is 0.0548. The molecule has 0 amide bonds. The van der Waals surface area contributed by atoms with Crippen molar-refractivity contribution in [2.24, 2.45) is 0 Å². The van der Waals surface area contributed by atoms with E-state index < -0.39 is 5.41 Å². The van der Waals surface area contributed by atoms with Gasteiger partial charge in [0, 0.05) is 11.6 Å². The maximum Gasteiger partial charge on any atom is 0.119 e. The molecule has 3 aromatic carbocycles. The Balaban J connectivity index is 1.92. The van der Waals surface area contributed by atoms with Gasteiger partial charge in [-0.1, -0.05) is 80.0 Å². The van der Waals surface area contributed by atoms with Crippen LogP contribution in [-0.4, -0.2) is 42.9 Å². The zero-order valence-electron chi connectivity index (χ0n) is 17.7. The molecule has 0 spiro atoms. The van der Waals surface area contributed by atoms with Crippen molar-refractivity contribution < 1.29 is 9.84 Å². The Labute approximate surface area is 184 Å². The van der Waals surface area contributed by atoms with Crippen LogP contribution < -0.4 is 4.74 Å². The third-order valence-electron chi connectivity index (χ3n) is 5.76. The molecular weight excluding hydrogens is 394 g/mol. The minimum Gasteiger partial charge on any atom is -0.492 e. The molecule has 4 heteroatoms. The van der Waals surface area contributed by atoms with Crippen LogP contribution >= 0.6 is 11.6 Å². The Hall–Kier alpha value is -2.33. The van der Waals surface area contributed by atoms with Crippen LogP contribution in [0, 0.1) is 0 Å². The Bertz CT molecular complexity index is 893. The summed E-state index contributed by atoms with van der Waals surface area (Å²) in [5, 5.41) is 11.3. The van der Waals surface area contributed by atoms with Gasteiger partial charge in [-0.05, 0) is 54.0 Å². The summed E-state index contributed by atoms with van der Waals surface area (Å²) in [7, 11) is 0. The molecule has 30 heavy (non-hydrogen) atoms. The zero-order valence-corrected chi connectivity index (χ0v) is 18.5. The number of aliphatic hydroxyl groups excluding tert-OH is 1. The van der Waals surface area contributed by atoms with E-state index >= 15 is 0 Å². The lowest BCUT2D eigenvalue weighted by molar-refractivity contribution is 0.222. The summed E-state index contributed by atoms with van der Waals surface area (Å²) >= 11 is 6.13. The summed E-state index contributed by atoms with van der Waals surface area (Å²) in [6, 6.07) is 25.9. The van der Waals surface area contributed by atoms with Crippen molar-refractivity contribution in [2.75, 3.05) is 32.8 Å². The van der Waals surface area contributed by atoms with Crippen LogP contribution in [0.4, 0.5) is 0 Å². The molecule has 0 fully saturated rings. The van der Waals surface area contributed by atoms with Gasteiger partial charge >= 0.3 is 0 Å². The van der Waals surface area contributed by atoms with Gasteiger partial charge in [-0.2, -0.15) is 0 Å². The van der Waals surface area contributed by atoms with Crippen LogP contribution in [0.3, 0.4) is 0 Å². The molecule has 0 bridgehead atoms. The van der Waals surface area contributed by atoms with E-state index in [4.69, 9.17) is 16.3 Å². The van der Waals surface area contributed by atoms with Gasteiger partial charge < -0.3 is 14.7 Å². The van der Waals surface area contributed by atoms with Crippen LogP contribution in [0.5, 0.6) is 5.75 Å². The second-order valence-corrected chi connectivity index (χ2v) is 7.77. The SMILES string of the molecule is CCN(CC)CCOc1ccc(C(CO)(c2ccccc2)c2ccc(Cl)cc2)cc1. The fourth-order valence-electron chi connectivity index (χ4n) is 3.90. The van der Waals surface area contributed by atoms with Crippen molar-refractivity contribution in [3.8, 4) is 5.75 Å². The predicted molar refractivity (Wildman–Crippen MR) is 125 cm³/mol. The molecule has 0 heterocycles. The molecule has 3 nitrogen and oxygen atoms in total. The van der Waals surface area contributed by atoms with Crippen LogP contribution in [0.25, 0.3) is 0 Å². The first kappa shape index (κ1) is 22.4. The van der Waals surface area contributed by atoms with Crippen LogP contribution in [-0.2, 0) is 5.41 Å². The highest BCUT2D eigenvalue weighted by molar-refractivity contribution is 6.30. The Morgan fingerprint density at radius 2 is 1.33 bits per heavy atom. The smallest absolute Gasteiger partial charge is 0.119 e. The van der Waals surface area contributed by atoms with Gasteiger partial charge in [0.2, 0.25) is 0 Å². The average Bonchev–Trinajstić information content (AvgIpc) is 2.80. The van der Waals surface area contributed by atoms with Gasteiger partial charge in [-0.25, -0.2) is 0 Å². The summed E-state index contributed by atoms with van der Waals surface area (Å²) in [6.45, 7) is 7.87. The summed E-state index contributed by atoms with van der Waals surface area (Å²) < 4.78 is 5.95. The van der Waals surface area contributed by atoms with E-state index in [1.54, 1.807) is 0 Å². The van der Waals surface area contributed by atoms with Crippen molar-refractivity contribution in [3.05, 3.63) is 101 Å². The van der Waals surface area contributed by atoms with Crippen LogP contribution in [0.1, 0.15) is 30.5 Å². The summed E-state index contributed by atoms with van der Waals surface area (Å²) in [6.07, 6.45) is 0. The van der Waals surface area contributed by atoms with Crippen molar-refractivity contribution in [2.45, 2.75) is 19.3 Å². The summed E-state index contributed by atoms with van der Waals surface area (Å²) in [5.41, 5.74) is 2.36. The fourth-order valence-corrected chi connectivity index (χ4v) is 4.03. The van der Waals surface area contributed by atoms with E-state index in [0.29, 0.717) is 11.6 Å². The molecule has 1 N–H and O–H groups in total. The highest BCUT2D eigenvalue weighted by Gasteiger charge is 2.35. The minimum atomic E-state index is -0.675. The number of hydrogen-bond donors (Lipinski definition) is 1. The predicted octanol–water partition coefficient (Wildman–Crippen LogP) is 5.39. The Kier molecular flexibility index (Phi) is 7.92. The Morgan fingerprint density at radius 1 is 0.800 bits per heavy atom. The van der Waals surface area contributed by atoms with E-state index in [1.807, 2.05) is 66.7 Å². The number of halogens is 1. The maximum absolute atomic E-state index is 10.7. The molecule has 0 radical (unpaired) electrons. The van der Waals surface area contributed by atoms with Gasteiger partial charge in [-0.3, -0.25) is 0 Å². The van der Waals surface area contributed by atoms with Gasteiger partial charge in [0.1, 0.15) is 12.4 Å². The number of likely N-dealkylation sites (N-methyl/N-ethyl adjacent to an activating group) is 1. The van der Waals surface area contributed by atoms with Crippen molar-refractivity contribution >= 4 is 11.6 Å². The van der Waals surface area contributed by atoms with Crippen molar-refractivity contribution in [3.63, 3.8) is 0 Å². The quantitative estimate of drug-likeness (QED) is 0.444. The molecule has 1 atom stereocenters. The van der Waals surface area contributed by atoms with E-state index in [-0.39, 0.29) is 6.61 Å². The molecular formula is C26H30ClNO2. The van der Waals surface area contributed by atoms with E-state index in [2.05, 4.69) is 30.9 Å². The first-order valence-corrected chi connectivity index (χ1v) is 10.9. The van der Waals surface area contributed by atoms with E-state index in [0.717, 1.165) is 42.1 Å². The number of ether oxygens (including phenoxy) is 1. The molecule has 0 saturated heterocycles. The highest BCUT2D eigenvalue weighted by Crippen LogP contribution is 2.39. The van der Waals surface area contributed by atoms with Gasteiger partial charge in [0.05, 0.1) is 12.0 Å². The lowest BCUT2D eigenvalue weighted by Gasteiger charge is -2.34. The second kappa shape index (κ2) is 10.6. The molecule has 0 aliphatic carbocycles. The van der Waals surface area contributed by atoms with Crippen molar-refractivity contribution in [1.29, 1.82) is 0 Å². The number of nitrogens with zero attached hydrogens (tertiary/aromatic N) is 1. The highest BCUT2D eigenvalue weighted by atomic mass is 35.5. The van der Waals surface area contributed by atoms with Gasteiger partial charge in [-0.15, -0.1) is 0 Å². The molecule has 0 aliphatic heterocycles. The molecule has 0 aliphatic rings. The first-order chi connectivity index (χ1) is 14.6. The van der Waals surface area contributed by atoms with Crippen LogP contribution in [0.15, 0.2) is 78.9 Å². The normalized spacial score (nSPS) is 13.2. The van der Waals surface area contributed by atoms with Crippen LogP contribution in [0.2, 0.25) is 5.02 Å². The standard InChI is InChI=1S/C26H30ClNO2/c1-3-28(4-2)18-19-30-25-16-12-23(13-17-25)26(20-29,21-8-6-5-7-9-21)22-10-14-24(27)15-11-22/h5-17,29H,3-4,18-20H2,1-2H3. The van der Waals surface area contributed by atoms with Crippen molar-refractivity contribution in [1.82, 2.24) is 4.90 Å². The number of hydrogen-bond acceptors (Lipinski definition) is 3. The number of rotatable bonds is 10. The number of aliphatic hydroxyl groups is 1. The summed E-state index contributed by atoms with van der Waals surface area (Å²) in [4.78, 5) is 2.33. The summed E-state index contributed by atoms with van der Waals surface area (Å²) in [5.74, 6) is 0.835. The lowest BCUT2D eigenvalue weighted by atomic mass is 9.70. The second-order valence-electron chi connectivity index (χ2n) is 7.34. The monoisotopic (exact) mass is 423 g/mol. The third-order valence-corrected chi connectivity index (χ3v) is 6.01.